The van der Waals surface area contributed by atoms with Crippen LogP contribution < -0.4 is 5.73 Å². The highest BCUT2D eigenvalue weighted by Gasteiger charge is 2.20. The van der Waals surface area contributed by atoms with Crippen molar-refractivity contribution in [1.82, 2.24) is 0 Å². The van der Waals surface area contributed by atoms with Crippen LogP contribution in [0.3, 0.4) is 0 Å². The van der Waals surface area contributed by atoms with Gasteiger partial charge in [-0.1, -0.05) is 0 Å². The Balaban J connectivity index is 3.58. The molecule has 0 aromatic heterocycles. The molecule has 2 nitrogen and oxygen atoms in total. The topological polar surface area (TPSA) is 35.2 Å². The highest BCUT2D eigenvalue weighted by molar-refractivity contribution is 6.77. The molecule has 2 N–H and O–H groups in total. The summed E-state index contributed by atoms with van der Waals surface area (Å²) < 4.78 is 5.74. The maximum Gasteiger partial charge on any atom is 0.186 e. The Morgan fingerprint density at radius 1 is 1.44 bits per heavy atom. The second kappa shape index (κ2) is 3.50. The highest BCUT2D eigenvalue weighted by atomic mass is 28.4. The van der Waals surface area contributed by atoms with Gasteiger partial charge in [-0.25, -0.2) is 0 Å². The van der Waals surface area contributed by atoms with Gasteiger partial charge in [-0.15, -0.1) is 0 Å². The second-order valence-electron chi connectivity index (χ2n) is 3.13. The number of nitrogens with two attached hydrogens (primary N) is 1. The zero-order valence-corrected chi connectivity index (χ0v) is 8.92. The summed E-state index contributed by atoms with van der Waals surface area (Å²) in [5.74, 6) is 0. The Kier molecular flexibility index (Phi) is 3.64. The van der Waals surface area contributed by atoms with Crippen LogP contribution in [0.4, 0.5) is 0 Å². The minimum Gasteiger partial charge on any atom is -0.457 e. The van der Waals surface area contributed by atoms with E-state index >= 15 is 0 Å². The molecule has 0 rings (SSSR count). The molecule has 0 aromatic carbocycles. The largest absolute Gasteiger partial charge is 0.457 e. The van der Waals surface area contributed by atoms with Gasteiger partial charge < -0.3 is 9.85 Å². The first-order chi connectivity index (χ1) is 3.98. The van der Waals surface area contributed by atoms with Gasteiger partial charge in [-0.2, -0.15) is 0 Å². The molecule has 0 amide bonds. The number of rotatable bonds is 3. The van der Waals surface area contributed by atoms with E-state index in [4.69, 9.17) is 9.85 Å². The van der Waals surface area contributed by atoms with Crippen LogP contribution in [0.5, 0.6) is 0 Å². The van der Waals surface area contributed by atoms with Crippen molar-refractivity contribution in [2.75, 3.05) is 6.17 Å². The monoisotopic (exact) mass is 163 g/mol. The standard InChI is InChI=1S/C5H17NOSi2/c1-8(2)7-9(3,4)5-6/h8H,5-6H2,1-4H3. The molecular formula is C5H17NOSi2. The Hall–Kier alpha value is 0.354. The molecule has 0 atom stereocenters. The van der Waals surface area contributed by atoms with Crippen molar-refractivity contribution in [3.8, 4) is 0 Å². The molecule has 0 aliphatic rings. The first-order valence-electron chi connectivity index (χ1n) is 3.36. The van der Waals surface area contributed by atoms with E-state index in [0.717, 1.165) is 6.17 Å². The number of hydrogen-bond donors (Lipinski definition) is 1. The van der Waals surface area contributed by atoms with Crippen molar-refractivity contribution in [1.29, 1.82) is 0 Å². The molecule has 0 radical (unpaired) electrons. The van der Waals surface area contributed by atoms with Gasteiger partial charge in [0.1, 0.15) is 0 Å². The molecule has 0 fully saturated rings. The Morgan fingerprint density at radius 3 is 2.00 bits per heavy atom. The summed E-state index contributed by atoms with van der Waals surface area (Å²) >= 11 is 0. The molecule has 0 bridgehead atoms. The summed E-state index contributed by atoms with van der Waals surface area (Å²) in [5, 5.41) is 0. The van der Waals surface area contributed by atoms with Crippen LogP contribution in [0.1, 0.15) is 0 Å². The molecule has 0 spiro atoms. The molecule has 0 aliphatic heterocycles. The van der Waals surface area contributed by atoms with E-state index in [1.165, 1.54) is 0 Å². The third-order valence-corrected chi connectivity index (χ3v) is 6.47. The van der Waals surface area contributed by atoms with E-state index in [2.05, 4.69) is 26.2 Å². The van der Waals surface area contributed by atoms with Gasteiger partial charge in [0.05, 0.1) is 0 Å². The zero-order chi connectivity index (χ0) is 7.49. The van der Waals surface area contributed by atoms with Crippen molar-refractivity contribution in [3.05, 3.63) is 0 Å². The van der Waals surface area contributed by atoms with Crippen LogP contribution in [-0.2, 0) is 4.12 Å². The van der Waals surface area contributed by atoms with Gasteiger partial charge in [-0.05, 0) is 26.2 Å². The second-order valence-corrected chi connectivity index (χ2v) is 10.1. The average molecular weight is 163 g/mol. The smallest absolute Gasteiger partial charge is 0.186 e. The summed E-state index contributed by atoms with van der Waals surface area (Å²) in [6.07, 6.45) is 0.748. The van der Waals surface area contributed by atoms with E-state index in [1.807, 2.05) is 0 Å². The number of hydrogen-bond acceptors (Lipinski definition) is 2. The summed E-state index contributed by atoms with van der Waals surface area (Å²) in [7, 11) is -2.23. The molecule has 0 heterocycles. The fourth-order valence-corrected chi connectivity index (χ4v) is 6.18. The van der Waals surface area contributed by atoms with Crippen LogP contribution in [0.25, 0.3) is 0 Å². The van der Waals surface area contributed by atoms with Crippen LogP contribution in [0, 0.1) is 0 Å². The van der Waals surface area contributed by atoms with Crippen molar-refractivity contribution in [2.24, 2.45) is 5.73 Å². The summed E-state index contributed by atoms with van der Waals surface area (Å²) in [6.45, 7) is 8.70. The lowest BCUT2D eigenvalue weighted by molar-refractivity contribution is 0.573. The first-order valence-corrected chi connectivity index (χ1v) is 9.25. The van der Waals surface area contributed by atoms with Gasteiger partial charge in [0.15, 0.2) is 17.4 Å². The minimum atomic E-state index is -1.40. The maximum absolute atomic E-state index is 5.74. The lowest BCUT2D eigenvalue weighted by atomic mass is 11.5. The summed E-state index contributed by atoms with van der Waals surface area (Å²) in [5.41, 5.74) is 5.51. The predicted octanol–water partition coefficient (Wildman–Crippen LogP) is 0.689. The van der Waals surface area contributed by atoms with E-state index in [0.29, 0.717) is 0 Å². The van der Waals surface area contributed by atoms with Gasteiger partial charge >= 0.3 is 0 Å². The minimum absolute atomic E-state index is 0.748. The molecule has 9 heavy (non-hydrogen) atoms. The maximum atomic E-state index is 5.74. The SMILES string of the molecule is C[SiH](C)O[Si](C)(C)CN. The van der Waals surface area contributed by atoms with Gasteiger partial charge in [0.25, 0.3) is 0 Å². The third-order valence-electron chi connectivity index (χ3n) is 1.05. The fraction of sp³-hybridized carbons (Fsp3) is 1.00. The normalized spacial score (nSPS) is 12.7. The Bertz CT molecular complexity index is 85.0. The van der Waals surface area contributed by atoms with Crippen molar-refractivity contribution < 1.29 is 4.12 Å². The van der Waals surface area contributed by atoms with Crippen molar-refractivity contribution in [2.45, 2.75) is 26.2 Å². The van der Waals surface area contributed by atoms with E-state index in [1.54, 1.807) is 0 Å². The zero-order valence-electron chi connectivity index (χ0n) is 6.77. The average Bonchev–Trinajstić information content (AvgIpc) is 1.63. The molecule has 56 valence electrons. The van der Waals surface area contributed by atoms with Crippen LogP contribution in [0.15, 0.2) is 0 Å². The van der Waals surface area contributed by atoms with Crippen LogP contribution >= 0.6 is 0 Å². The van der Waals surface area contributed by atoms with Crippen LogP contribution in [0.2, 0.25) is 26.2 Å². The van der Waals surface area contributed by atoms with Crippen LogP contribution in [-0.4, -0.2) is 23.5 Å². The molecule has 0 aliphatic carbocycles. The van der Waals surface area contributed by atoms with Gasteiger partial charge in [0, 0.05) is 6.17 Å². The highest BCUT2D eigenvalue weighted by Crippen LogP contribution is 2.02. The lowest BCUT2D eigenvalue weighted by Crippen LogP contribution is -2.43. The van der Waals surface area contributed by atoms with E-state index < -0.39 is 17.4 Å². The summed E-state index contributed by atoms with van der Waals surface area (Å²) in [6, 6.07) is 0. The molecule has 0 saturated heterocycles. The van der Waals surface area contributed by atoms with Crippen molar-refractivity contribution >= 4 is 17.4 Å². The third kappa shape index (κ3) is 4.83. The molecule has 0 aromatic rings. The predicted molar refractivity (Wildman–Crippen MR) is 46.5 cm³/mol. The summed E-state index contributed by atoms with van der Waals surface area (Å²) in [4.78, 5) is 0. The fourth-order valence-electron chi connectivity index (χ4n) is 0.686. The lowest BCUT2D eigenvalue weighted by Gasteiger charge is -2.23. The van der Waals surface area contributed by atoms with Crippen molar-refractivity contribution in [3.63, 3.8) is 0 Å². The molecule has 0 unspecified atom stereocenters. The molecule has 4 heteroatoms. The van der Waals surface area contributed by atoms with Gasteiger partial charge in [-0.3, -0.25) is 0 Å². The Morgan fingerprint density at radius 2 is 1.89 bits per heavy atom. The Labute approximate surface area is 60.3 Å². The van der Waals surface area contributed by atoms with E-state index in [-0.39, 0.29) is 0 Å². The molecule has 0 saturated carbocycles. The quantitative estimate of drug-likeness (QED) is 0.621. The first kappa shape index (κ1) is 9.35. The van der Waals surface area contributed by atoms with Gasteiger partial charge in [0.2, 0.25) is 0 Å². The molecular weight excluding hydrogens is 146 g/mol. The van der Waals surface area contributed by atoms with E-state index in [9.17, 15) is 0 Å².